The second-order valence-electron chi connectivity index (χ2n) is 8.09. The average molecular weight is 363 g/mol. The van der Waals surface area contributed by atoms with Crippen LogP contribution in [0.25, 0.3) is 6.08 Å². The number of carbonyl (C=O) groups is 2. The van der Waals surface area contributed by atoms with Crippen molar-refractivity contribution in [3.63, 3.8) is 0 Å². The van der Waals surface area contributed by atoms with Crippen LogP contribution < -0.4 is 4.90 Å². The van der Waals surface area contributed by atoms with Crippen LogP contribution in [0, 0.1) is 18.8 Å². The number of benzene rings is 1. The van der Waals surface area contributed by atoms with Crippen LogP contribution in [0.5, 0.6) is 0 Å². The molecule has 0 N–H and O–H groups in total. The molecule has 0 aromatic heterocycles. The number of hydrogen-bond donors (Lipinski definition) is 0. The van der Waals surface area contributed by atoms with E-state index in [4.69, 9.17) is 4.74 Å². The van der Waals surface area contributed by atoms with Crippen molar-refractivity contribution in [1.82, 2.24) is 0 Å². The van der Waals surface area contributed by atoms with Crippen LogP contribution in [-0.4, -0.2) is 30.4 Å². The fraction of sp³-hybridized carbons (Fsp3) is 0.478. The topological polar surface area (TPSA) is 46.6 Å². The quantitative estimate of drug-likeness (QED) is 0.749. The Labute approximate surface area is 159 Å². The minimum Gasteiger partial charge on any atom is -0.466 e. The summed E-state index contributed by atoms with van der Waals surface area (Å²) in [6.07, 6.45) is 8.22. The van der Waals surface area contributed by atoms with Crippen LogP contribution in [-0.2, 0) is 14.3 Å². The lowest BCUT2D eigenvalue weighted by Gasteiger charge is -2.36. The van der Waals surface area contributed by atoms with Gasteiger partial charge in [-0.15, -0.1) is 0 Å². The van der Waals surface area contributed by atoms with Crippen molar-refractivity contribution in [3.05, 3.63) is 46.5 Å². The second kappa shape index (κ2) is 6.08. The zero-order valence-corrected chi connectivity index (χ0v) is 15.9. The Bertz CT molecular complexity index is 897. The van der Waals surface area contributed by atoms with Crippen molar-refractivity contribution >= 4 is 23.5 Å². The third-order valence-electron chi connectivity index (χ3n) is 6.75. The molecule has 2 aliphatic carbocycles. The van der Waals surface area contributed by atoms with Crippen molar-refractivity contribution in [1.29, 1.82) is 0 Å². The normalized spacial score (nSPS) is 30.7. The van der Waals surface area contributed by atoms with Crippen LogP contribution in [0.2, 0.25) is 0 Å². The zero-order valence-electron chi connectivity index (χ0n) is 15.9. The molecule has 4 nitrogen and oxygen atoms in total. The Balaban J connectivity index is 1.68. The smallest absolute Gasteiger partial charge is 0.312 e. The fourth-order valence-corrected chi connectivity index (χ4v) is 5.79. The molecule has 0 spiro atoms. The van der Waals surface area contributed by atoms with Gasteiger partial charge in [-0.2, -0.15) is 0 Å². The first kappa shape index (κ1) is 16.8. The van der Waals surface area contributed by atoms with E-state index in [0.717, 1.165) is 48.1 Å². The van der Waals surface area contributed by atoms with E-state index in [1.807, 2.05) is 6.92 Å². The van der Waals surface area contributed by atoms with Crippen molar-refractivity contribution in [2.75, 3.05) is 11.5 Å². The van der Waals surface area contributed by atoms with Crippen LogP contribution >= 0.6 is 0 Å². The highest BCUT2D eigenvalue weighted by Gasteiger charge is 2.60. The van der Waals surface area contributed by atoms with Gasteiger partial charge in [0.1, 0.15) is 6.04 Å². The first-order valence-electron chi connectivity index (χ1n) is 10.1. The highest BCUT2D eigenvalue weighted by molar-refractivity contribution is 6.08. The molecule has 140 valence electrons. The summed E-state index contributed by atoms with van der Waals surface area (Å²) in [5, 5.41) is 0. The largest absolute Gasteiger partial charge is 0.466 e. The van der Waals surface area contributed by atoms with E-state index >= 15 is 0 Å². The maximum Gasteiger partial charge on any atom is 0.312 e. The van der Waals surface area contributed by atoms with Crippen LogP contribution in [0.3, 0.4) is 0 Å². The summed E-state index contributed by atoms with van der Waals surface area (Å²) in [5.74, 6) is -0.245. The lowest BCUT2D eigenvalue weighted by molar-refractivity contribution is -0.148. The van der Waals surface area contributed by atoms with Gasteiger partial charge in [0, 0.05) is 11.6 Å². The molecular formula is C23H25NO3. The highest BCUT2D eigenvalue weighted by Crippen LogP contribution is 2.54. The molecule has 0 saturated carbocycles. The molecule has 4 atom stereocenters. The summed E-state index contributed by atoms with van der Waals surface area (Å²) in [6, 6.07) is 5.88. The molecule has 0 amide bonds. The summed E-state index contributed by atoms with van der Waals surface area (Å²) in [5.41, 5.74) is 5.65. The first-order chi connectivity index (χ1) is 13.1. The summed E-state index contributed by atoms with van der Waals surface area (Å²) in [4.78, 5) is 28.7. The van der Waals surface area contributed by atoms with Gasteiger partial charge in [-0.3, -0.25) is 9.59 Å². The van der Waals surface area contributed by atoms with Crippen LogP contribution in [0.15, 0.2) is 35.4 Å². The Morgan fingerprint density at radius 3 is 2.89 bits per heavy atom. The molecule has 1 aromatic carbocycles. The molecular weight excluding hydrogens is 338 g/mol. The zero-order chi connectivity index (χ0) is 18.7. The molecule has 1 aromatic rings. The number of para-hydroxylation sites is 1. The number of Topliss-reactive ketones (excluding diaryl/α,β-unsaturated/α-hetero) is 1. The van der Waals surface area contributed by atoms with E-state index in [2.05, 4.69) is 42.2 Å². The number of hydrogen-bond acceptors (Lipinski definition) is 4. The molecule has 4 heteroatoms. The van der Waals surface area contributed by atoms with Gasteiger partial charge in [0.15, 0.2) is 5.78 Å². The third kappa shape index (κ3) is 2.22. The van der Waals surface area contributed by atoms with E-state index in [0.29, 0.717) is 6.61 Å². The maximum absolute atomic E-state index is 13.4. The van der Waals surface area contributed by atoms with E-state index in [-0.39, 0.29) is 35.7 Å². The molecule has 5 rings (SSSR count). The predicted octanol–water partition coefficient (Wildman–Crippen LogP) is 3.83. The molecule has 2 aliphatic heterocycles. The molecule has 0 bridgehead atoms. The van der Waals surface area contributed by atoms with Gasteiger partial charge in [-0.1, -0.05) is 35.9 Å². The number of rotatable bonds is 2. The summed E-state index contributed by atoms with van der Waals surface area (Å²) in [6.45, 7) is 4.32. The minimum atomic E-state index is -0.298. The first-order valence-corrected chi connectivity index (χ1v) is 10.1. The monoisotopic (exact) mass is 363 g/mol. The molecule has 0 radical (unpaired) electrons. The molecule has 4 aliphatic rings. The summed E-state index contributed by atoms with van der Waals surface area (Å²) >= 11 is 0. The second-order valence-corrected chi connectivity index (χ2v) is 8.09. The Kier molecular flexibility index (Phi) is 3.78. The van der Waals surface area contributed by atoms with Gasteiger partial charge in [0.2, 0.25) is 0 Å². The lowest BCUT2D eigenvalue weighted by atomic mass is 9.80. The van der Waals surface area contributed by atoms with Crippen molar-refractivity contribution < 1.29 is 14.3 Å². The van der Waals surface area contributed by atoms with Crippen LogP contribution in [0.1, 0.15) is 43.7 Å². The number of carbonyl (C=O) groups excluding carboxylic acids is 2. The number of nitrogens with zero attached hydrogens (tertiary/aromatic N) is 1. The third-order valence-corrected chi connectivity index (χ3v) is 6.75. The van der Waals surface area contributed by atoms with Crippen molar-refractivity contribution in [3.8, 4) is 0 Å². The summed E-state index contributed by atoms with van der Waals surface area (Å²) < 4.78 is 5.48. The maximum atomic E-state index is 13.4. The molecule has 1 fully saturated rings. The standard InChI is InChI=1S/C23H25NO3/c1-3-27-23(26)19-17-12-11-14-8-6-7-13(2)20(14)24(17)21-18(19)15-9-4-5-10-16(15)22(21)25/h6-8,11-12,17-19,21H,3-5,9-10H2,1-2H3/t17-,18-,19+,21+/m1/s1. The SMILES string of the molecule is CCOC(=O)[C@@H]1[C@H]2C3=C(CCCC3)C(=O)[C@H]2N2c3c(C)cccc3C=C[C@H]12. The van der Waals surface area contributed by atoms with Gasteiger partial charge in [0.25, 0.3) is 0 Å². The number of ketones is 1. The van der Waals surface area contributed by atoms with Gasteiger partial charge < -0.3 is 9.64 Å². The molecule has 27 heavy (non-hydrogen) atoms. The van der Waals surface area contributed by atoms with Gasteiger partial charge in [-0.25, -0.2) is 0 Å². The number of esters is 1. The highest BCUT2D eigenvalue weighted by atomic mass is 16.5. The van der Waals surface area contributed by atoms with E-state index in [1.165, 1.54) is 5.57 Å². The van der Waals surface area contributed by atoms with Crippen molar-refractivity contribution in [2.45, 2.75) is 51.6 Å². The number of aryl methyl sites for hydroxylation is 1. The van der Waals surface area contributed by atoms with Crippen molar-refractivity contribution in [2.24, 2.45) is 11.8 Å². The van der Waals surface area contributed by atoms with E-state index in [9.17, 15) is 9.59 Å². The summed E-state index contributed by atoms with van der Waals surface area (Å²) in [7, 11) is 0. The number of fused-ring (bicyclic) bond motifs is 6. The average Bonchev–Trinajstić information content (AvgIpc) is 3.16. The molecule has 1 saturated heterocycles. The number of anilines is 1. The number of ether oxygens (including phenoxy) is 1. The Morgan fingerprint density at radius 1 is 1.26 bits per heavy atom. The molecule has 2 heterocycles. The van der Waals surface area contributed by atoms with Gasteiger partial charge in [-0.05, 0) is 56.2 Å². The molecule has 0 unspecified atom stereocenters. The lowest BCUT2D eigenvalue weighted by Crippen LogP contribution is -2.43. The van der Waals surface area contributed by atoms with E-state index in [1.54, 1.807) is 0 Å². The predicted molar refractivity (Wildman–Crippen MR) is 104 cm³/mol. The fourth-order valence-electron chi connectivity index (χ4n) is 5.79. The van der Waals surface area contributed by atoms with Gasteiger partial charge >= 0.3 is 5.97 Å². The van der Waals surface area contributed by atoms with Gasteiger partial charge in [0.05, 0.1) is 18.6 Å². The Hall–Kier alpha value is -2.36. The minimum absolute atomic E-state index is 0.0351. The van der Waals surface area contributed by atoms with E-state index < -0.39 is 0 Å². The Morgan fingerprint density at radius 2 is 2.07 bits per heavy atom. The van der Waals surface area contributed by atoms with Crippen LogP contribution in [0.4, 0.5) is 5.69 Å².